The minimum absolute atomic E-state index is 0.100. The van der Waals surface area contributed by atoms with Gasteiger partial charge in [0.25, 0.3) is 5.91 Å². The van der Waals surface area contributed by atoms with Crippen molar-refractivity contribution in [1.82, 2.24) is 4.90 Å². The first-order valence-corrected chi connectivity index (χ1v) is 7.97. The second-order valence-corrected chi connectivity index (χ2v) is 6.83. The van der Waals surface area contributed by atoms with Crippen LogP contribution in [0.15, 0.2) is 22.7 Å². The fraction of sp³-hybridized carbons (Fsp3) is 0.462. The first-order chi connectivity index (χ1) is 9.29. The minimum Gasteiger partial charge on any atom is -0.338 e. The van der Waals surface area contributed by atoms with Crippen molar-refractivity contribution >= 4 is 44.4 Å². The number of rotatable bonds is 1. The van der Waals surface area contributed by atoms with Crippen molar-refractivity contribution in [1.29, 1.82) is 0 Å². The molecule has 0 radical (unpaired) electrons. The average molecular weight is 462 g/mol. The summed E-state index contributed by atoms with van der Waals surface area (Å²) in [6, 6.07) is 5.22. The molecule has 2 nitrogen and oxygen atoms in total. The monoisotopic (exact) mass is 461 g/mol. The van der Waals surface area contributed by atoms with Crippen LogP contribution < -0.4 is 0 Å². The lowest BCUT2D eigenvalue weighted by atomic mass is 9.97. The van der Waals surface area contributed by atoms with Gasteiger partial charge in [-0.15, -0.1) is 0 Å². The summed E-state index contributed by atoms with van der Waals surface area (Å²) in [5.74, 6) is -1.74. The summed E-state index contributed by atoms with van der Waals surface area (Å²) < 4.78 is 39.8. The quantitative estimate of drug-likeness (QED) is 0.565. The van der Waals surface area contributed by atoms with Crippen LogP contribution in [0.25, 0.3) is 0 Å². The number of carbonyl (C=O) groups is 1. The van der Waals surface area contributed by atoms with Gasteiger partial charge in [-0.1, -0.05) is 15.9 Å². The number of piperidine rings is 1. The number of likely N-dealkylation sites (tertiary alicyclic amines) is 1. The molecule has 110 valence electrons. The Morgan fingerprint density at radius 3 is 2.75 bits per heavy atom. The van der Waals surface area contributed by atoms with Gasteiger partial charge in [-0.3, -0.25) is 4.79 Å². The molecule has 1 aliphatic heterocycles. The number of halogens is 5. The third kappa shape index (κ3) is 3.66. The van der Waals surface area contributed by atoms with E-state index in [4.69, 9.17) is 0 Å². The van der Waals surface area contributed by atoms with Gasteiger partial charge < -0.3 is 4.90 Å². The van der Waals surface area contributed by atoms with Crippen molar-refractivity contribution in [2.75, 3.05) is 13.1 Å². The predicted molar refractivity (Wildman–Crippen MR) is 81.5 cm³/mol. The van der Waals surface area contributed by atoms with Crippen molar-refractivity contribution in [2.24, 2.45) is 5.92 Å². The summed E-state index contributed by atoms with van der Waals surface area (Å²) in [5.41, 5.74) is 0.447. The molecule has 1 aliphatic rings. The SMILES string of the molecule is O=C(c1cc(Br)ccc1I)N1CCCC(C(F)(F)F)C1. The van der Waals surface area contributed by atoms with E-state index in [1.54, 1.807) is 18.2 Å². The lowest BCUT2D eigenvalue weighted by Crippen LogP contribution is -2.44. The first-order valence-electron chi connectivity index (χ1n) is 6.10. The van der Waals surface area contributed by atoms with Gasteiger partial charge in [-0.05, 0) is 53.6 Å². The Balaban J connectivity index is 2.18. The third-order valence-electron chi connectivity index (χ3n) is 3.33. The molecule has 7 heteroatoms. The second kappa shape index (κ2) is 6.21. The summed E-state index contributed by atoms with van der Waals surface area (Å²) in [6.45, 7) is 0.138. The van der Waals surface area contributed by atoms with Crippen LogP contribution >= 0.6 is 38.5 Å². The smallest absolute Gasteiger partial charge is 0.338 e. The Morgan fingerprint density at radius 1 is 1.40 bits per heavy atom. The first kappa shape index (κ1) is 16.1. The van der Waals surface area contributed by atoms with Gasteiger partial charge in [-0.25, -0.2) is 0 Å². The zero-order chi connectivity index (χ0) is 14.9. The maximum atomic E-state index is 12.8. The lowest BCUT2D eigenvalue weighted by Gasteiger charge is -2.34. The summed E-state index contributed by atoms with van der Waals surface area (Å²) in [5, 5.41) is 0. The van der Waals surface area contributed by atoms with E-state index in [1.165, 1.54) is 4.90 Å². The minimum atomic E-state index is -4.23. The van der Waals surface area contributed by atoms with Crippen LogP contribution in [-0.4, -0.2) is 30.1 Å². The van der Waals surface area contributed by atoms with Gasteiger partial charge in [0.1, 0.15) is 0 Å². The molecule has 1 fully saturated rings. The number of alkyl halides is 3. The molecule has 0 bridgehead atoms. The molecule has 1 unspecified atom stereocenters. The highest BCUT2D eigenvalue weighted by Gasteiger charge is 2.42. The van der Waals surface area contributed by atoms with Crippen molar-refractivity contribution in [2.45, 2.75) is 19.0 Å². The number of amides is 1. The molecular weight excluding hydrogens is 450 g/mol. The topological polar surface area (TPSA) is 20.3 Å². The Bertz CT molecular complexity index is 521. The molecule has 0 N–H and O–H groups in total. The van der Waals surface area contributed by atoms with E-state index in [-0.39, 0.29) is 18.9 Å². The van der Waals surface area contributed by atoms with Gasteiger partial charge in [-0.2, -0.15) is 13.2 Å². The van der Waals surface area contributed by atoms with Crippen LogP contribution in [0.4, 0.5) is 13.2 Å². The highest BCUT2D eigenvalue weighted by atomic mass is 127. The fourth-order valence-electron chi connectivity index (χ4n) is 2.26. The van der Waals surface area contributed by atoms with Crippen LogP contribution in [0.5, 0.6) is 0 Å². The molecule has 0 saturated carbocycles. The normalized spacial score (nSPS) is 20.1. The molecule has 1 aromatic carbocycles. The van der Waals surface area contributed by atoms with Gasteiger partial charge in [0.15, 0.2) is 0 Å². The summed E-state index contributed by atoms with van der Waals surface area (Å²) in [7, 11) is 0. The molecule has 1 heterocycles. The Kier molecular flexibility index (Phi) is 4.99. The van der Waals surface area contributed by atoms with E-state index >= 15 is 0 Å². The third-order valence-corrected chi connectivity index (χ3v) is 4.76. The summed E-state index contributed by atoms with van der Waals surface area (Å²) >= 11 is 5.30. The van der Waals surface area contributed by atoms with Gasteiger partial charge in [0, 0.05) is 21.1 Å². The molecule has 0 spiro atoms. The fourth-order valence-corrected chi connectivity index (χ4v) is 3.19. The van der Waals surface area contributed by atoms with Gasteiger partial charge in [0.2, 0.25) is 0 Å². The number of carbonyl (C=O) groups excluding carboxylic acids is 1. The number of hydrogen-bond donors (Lipinski definition) is 0. The van der Waals surface area contributed by atoms with E-state index in [1.807, 2.05) is 22.6 Å². The van der Waals surface area contributed by atoms with Crippen LogP contribution in [0, 0.1) is 9.49 Å². The molecule has 1 aromatic rings. The van der Waals surface area contributed by atoms with Crippen molar-refractivity contribution in [3.8, 4) is 0 Å². The Hall–Kier alpha value is -0.310. The summed E-state index contributed by atoms with van der Waals surface area (Å²) in [6.07, 6.45) is -3.74. The molecule has 1 saturated heterocycles. The van der Waals surface area contributed by atoms with Crippen LogP contribution in [0.3, 0.4) is 0 Å². The van der Waals surface area contributed by atoms with Crippen molar-refractivity contribution < 1.29 is 18.0 Å². The zero-order valence-corrected chi connectivity index (χ0v) is 14.1. The number of hydrogen-bond acceptors (Lipinski definition) is 1. The van der Waals surface area contributed by atoms with Crippen LogP contribution in [0.1, 0.15) is 23.2 Å². The molecular formula is C13H12BrF3INO. The average Bonchev–Trinajstić information content (AvgIpc) is 2.40. The van der Waals surface area contributed by atoms with Gasteiger partial charge in [0.05, 0.1) is 11.5 Å². The molecule has 0 aromatic heterocycles. The molecule has 1 atom stereocenters. The van der Waals surface area contributed by atoms with E-state index in [0.717, 1.165) is 8.04 Å². The standard InChI is InChI=1S/C13H12BrF3INO/c14-9-3-4-11(18)10(6-9)12(20)19-5-1-2-8(7-19)13(15,16)17/h3-4,6,8H,1-2,5,7H2. The highest BCUT2D eigenvalue weighted by Crippen LogP contribution is 2.34. The predicted octanol–water partition coefficient (Wildman–Crippen LogP) is 4.47. The molecule has 2 rings (SSSR count). The molecule has 0 aliphatic carbocycles. The Morgan fingerprint density at radius 2 is 2.10 bits per heavy atom. The lowest BCUT2D eigenvalue weighted by molar-refractivity contribution is -0.184. The number of benzene rings is 1. The van der Waals surface area contributed by atoms with E-state index < -0.39 is 12.1 Å². The summed E-state index contributed by atoms with van der Waals surface area (Å²) in [4.78, 5) is 13.7. The van der Waals surface area contributed by atoms with E-state index in [0.29, 0.717) is 18.5 Å². The van der Waals surface area contributed by atoms with Crippen molar-refractivity contribution in [3.05, 3.63) is 31.8 Å². The van der Waals surface area contributed by atoms with Crippen LogP contribution in [0.2, 0.25) is 0 Å². The van der Waals surface area contributed by atoms with Gasteiger partial charge >= 0.3 is 6.18 Å². The molecule has 1 amide bonds. The highest BCUT2D eigenvalue weighted by molar-refractivity contribution is 14.1. The maximum absolute atomic E-state index is 12.8. The largest absolute Gasteiger partial charge is 0.393 e. The maximum Gasteiger partial charge on any atom is 0.393 e. The van der Waals surface area contributed by atoms with Crippen molar-refractivity contribution in [3.63, 3.8) is 0 Å². The van der Waals surface area contributed by atoms with E-state index in [2.05, 4.69) is 15.9 Å². The molecule has 20 heavy (non-hydrogen) atoms. The van der Waals surface area contributed by atoms with E-state index in [9.17, 15) is 18.0 Å². The Labute approximate surface area is 137 Å². The second-order valence-electron chi connectivity index (χ2n) is 4.76. The zero-order valence-electron chi connectivity index (χ0n) is 10.4. The number of nitrogens with zero attached hydrogens (tertiary/aromatic N) is 1. The van der Waals surface area contributed by atoms with Crippen LogP contribution in [-0.2, 0) is 0 Å².